The molecule has 0 aliphatic carbocycles. The van der Waals surface area contributed by atoms with Gasteiger partial charge in [0.25, 0.3) is 10.0 Å². The quantitative estimate of drug-likeness (QED) is 0.270. The Labute approximate surface area is 228 Å². The van der Waals surface area contributed by atoms with Crippen LogP contribution < -0.4 is 23.8 Å². The lowest BCUT2D eigenvalue weighted by Gasteiger charge is -2.26. The zero-order chi connectivity index (χ0) is 27.8. The average molecular weight is 547 g/mol. The molecule has 4 rings (SSSR count). The first-order valence-corrected chi connectivity index (χ1v) is 13.6. The molecule has 0 aliphatic rings. The van der Waals surface area contributed by atoms with E-state index < -0.39 is 22.5 Å². The molecule has 0 bridgehead atoms. The third-order valence-electron chi connectivity index (χ3n) is 5.94. The van der Waals surface area contributed by atoms with Gasteiger partial charge in [0, 0.05) is 11.8 Å². The number of carbonyl (C=O) groups is 1. The fourth-order valence-corrected chi connectivity index (χ4v) is 5.26. The topological polar surface area (TPSA) is 94.2 Å². The van der Waals surface area contributed by atoms with E-state index in [1.807, 2.05) is 37.3 Å². The monoisotopic (exact) mass is 546 g/mol. The van der Waals surface area contributed by atoms with Crippen LogP contribution in [0.1, 0.15) is 11.1 Å². The number of ether oxygens (including phenoxy) is 3. The van der Waals surface area contributed by atoms with Crippen molar-refractivity contribution in [3.8, 4) is 17.2 Å². The summed E-state index contributed by atoms with van der Waals surface area (Å²) in [5.74, 6) is 0.802. The van der Waals surface area contributed by atoms with Crippen molar-refractivity contribution in [1.29, 1.82) is 0 Å². The lowest BCUT2D eigenvalue weighted by atomic mass is 10.2. The molecule has 1 N–H and O–H groups in total. The molecule has 0 unspecified atom stereocenters. The first-order chi connectivity index (χ1) is 18.8. The average Bonchev–Trinajstić information content (AvgIpc) is 2.96. The summed E-state index contributed by atoms with van der Waals surface area (Å²) in [6.45, 7) is 1.79. The van der Waals surface area contributed by atoms with Gasteiger partial charge in [-0.3, -0.25) is 9.10 Å². The van der Waals surface area contributed by atoms with E-state index in [9.17, 15) is 13.2 Å². The van der Waals surface area contributed by atoms with Gasteiger partial charge in [-0.1, -0.05) is 48.0 Å². The first kappa shape index (κ1) is 27.5. The van der Waals surface area contributed by atoms with Crippen LogP contribution in [0.25, 0.3) is 0 Å². The van der Waals surface area contributed by atoms with Gasteiger partial charge >= 0.3 is 0 Å². The molecule has 4 aromatic rings. The van der Waals surface area contributed by atoms with Crippen LogP contribution in [-0.4, -0.2) is 35.1 Å². The van der Waals surface area contributed by atoms with Crippen molar-refractivity contribution in [2.45, 2.75) is 18.4 Å². The van der Waals surface area contributed by atoms with Crippen LogP contribution in [0, 0.1) is 6.92 Å². The number of benzene rings is 4. The van der Waals surface area contributed by atoms with Gasteiger partial charge in [-0.2, -0.15) is 0 Å². The predicted molar refractivity (Wildman–Crippen MR) is 151 cm³/mol. The highest BCUT2D eigenvalue weighted by Gasteiger charge is 2.30. The second-order valence-electron chi connectivity index (χ2n) is 8.71. The summed E-state index contributed by atoms with van der Waals surface area (Å²) in [6.07, 6.45) is 0. The van der Waals surface area contributed by atoms with E-state index in [2.05, 4.69) is 5.32 Å². The molecule has 202 valence electrons. The maximum Gasteiger partial charge on any atom is 0.264 e. The number of methoxy groups -OCH3 is 2. The van der Waals surface area contributed by atoms with Gasteiger partial charge in [0.05, 0.1) is 24.8 Å². The second-order valence-corrected chi connectivity index (χ2v) is 10.6. The van der Waals surface area contributed by atoms with Crippen molar-refractivity contribution in [1.82, 2.24) is 0 Å². The molecule has 0 saturated carbocycles. The Morgan fingerprint density at radius 1 is 0.821 bits per heavy atom. The summed E-state index contributed by atoms with van der Waals surface area (Å²) in [5.41, 5.74) is 2.63. The molecule has 8 nitrogen and oxygen atoms in total. The molecule has 0 atom stereocenters. The van der Waals surface area contributed by atoms with E-state index >= 15 is 0 Å². The minimum atomic E-state index is -4.14. The number of nitrogens with one attached hydrogen (secondary N) is 1. The van der Waals surface area contributed by atoms with Gasteiger partial charge < -0.3 is 19.5 Å². The Hall–Kier alpha value is -4.50. The fourth-order valence-electron chi connectivity index (χ4n) is 3.84. The molecule has 39 heavy (non-hydrogen) atoms. The first-order valence-electron chi connectivity index (χ1n) is 12.2. The van der Waals surface area contributed by atoms with Gasteiger partial charge in [0.2, 0.25) is 5.91 Å². The van der Waals surface area contributed by atoms with Crippen LogP contribution >= 0.6 is 0 Å². The molecule has 4 aromatic carbocycles. The number of rotatable bonds is 11. The highest BCUT2D eigenvalue weighted by molar-refractivity contribution is 7.92. The van der Waals surface area contributed by atoms with Crippen molar-refractivity contribution < 1.29 is 27.4 Å². The number of sulfonamides is 1. The molecule has 0 heterocycles. The summed E-state index contributed by atoms with van der Waals surface area (Å²) in [6, 6.07) is 27.9. The molecule has 9 heteroatoms. The molecule has 0 spiro atoms. The molecule has 1 amide bonds. The highest BCUT2D eigenvalue weighted by Crippen LogP contribution is 2.35. The van der Waals surface area contributed by atoms with E-state index in [4.69, 9.17) is 14.2 Å². The van der Waals surface area contributed by atoms with Crippen molar-refractivity contribution >= 4 is 27.3 Å². The number of aryl methyl sites for hydroxylation is 1. The van der Waals surface area contributed by atoms with Gasteiger partial charge in [-0.05, 0) is 61.0 Å². The van der Waals surface area contributed by atoms with E-state index in [0.717, 1.165) is 15.4 Å². The number of hydrogen-bond donors (Lipinski definition) is 1. The maximum absolute atomic E-state index is 13.8. The lowest BCUT2D eigenvalue weighted by molar-refractivity contribution is -0.114. The van der Waals surface area contributed by atoms with E-state index in [0.29, 0.717) is 23.8 Å². The van der Waals surface area contributed by atoms with Crippen molar-refractivity contribution in [2.75, 3.05) is 30.4 Å². The SMILES string of the molecule is COc1ccc(OC)c(N(CC(=O)Nc2ccc(OCc3ccccc3)cc2)S(=O)(=O)c2ccc(C)cc2)c1. The van der Waals surface area contributed by atoms with Crippen LogP contribution in [0.3, 0.4) is 0 Å². The molecule has 0 fully saturated rings. The Morgan fingerprint density at radius 3 is 2.13 bits per heavy atom. The Morgan fingerprint density at radius 2 is 1.49 bits per heavy atom. The standard InChI is InChI=1S/C30H30N2O6S/c1-22-9-16-27(17-10-22)39(34,35)32(28-19-26(36-2)15-18-29(28)37-3)20-30(33)31-24-11-13-25(14-12-24)38-21-23-7-5-4-6-8-23/h4-19H,20-21H2,1-3H3,(H,31,33). The van der Waals surface area contributed by atoms with Crippen LogP contribution in [0.5, 0.6) is 17.2 Å². The van der Waals surface area contributed by atoms with Crippen molar-refractivity contribution in [3.63, 3.8) is 0 Å². The van der Waals surface area contributed by atoms with Gasteiger partial charge in [0.15, 0.2) is 0 Å². The fraction of sp³-hybridized carbons (Fsp3) is 0.167. The van der Waals surface area contributed by atoms with Gasteiger partial charge in [-0.15, -0.1) is 0 Å². The molecule has 0 aliphatic heterocycles. The van der Waals surface area contributed by atoms with Gasteiger partial charge in [-0.25, -0.2) is 8.42 Å². The van der Waals surface area contributed by atoms with E-state index in [1.165, 1.54) is 32.4 Å². The molecule has 0 aromatic heterocycles. The molecular formula is C30H30N2O6S. The van der Waals surface area contributed by atoms with Crippen LogP contribution in [0.15, 0.2) is 102 Å². The van der Waals surface area contributed by atoms with Crippen molar-refractivity contribution in [3.05, 3.63) is 108 Å². The maximum atomic E-state index is 13.8. The van der Waals surface area contributed by atoms with E-state index in [1.54, 1.807) is 48.5 Å². The normalized spacial score (nSPS) is 10.9. The third-order valence-corrected chi connectivity index (χ3v) is 7.71. The number of hydrogen-bond acceptors (Lipinski definition) is 6. The molecular weight excluding hydrogens is 516 g/mol. The number of nitrogens with zero attached hydrogens (tertiary/aromatic N) is 1. The third kappa shape index (κ3) is 6.88. The Balaban J connectivity index is 1.56. The minimum absolute atomic E-state index is 0.0469. The lowest BCUT2D eigenvalue weighted by Crippen LogP contribution is -2.38. The second kappa shape index (κ2) is 12.4. The zero-order valence-electron chi connectivity index (χ0n) is 22.0. The summed E-state index contributed by atoms with van der Waals surface area (Å²) >= 11 is 0. The van der Waals surface area contributed by atoms with Crippen LogP contribution in [-0.2, 0) is 21.4 Å². The molecule has 0 radical (unpaired) electrons. The number of anilines is 2. The van der Waals surface area contributed by atoms with Gasteiger partial charge in [0.1, 0.15) is 30.4 Å². The molecule has 0 saturated heterocycles. The Kier molecular flexibility index (Phi) is 8.73. The highest BCUT2D eigenvalue weighted by atomic mass is 32.2. The summed E-state index contributed by atoms with van der Waals surface area (Å²) in [7, 11) is -1.23. The smallest absolute Gasteiger partial charge is 0.264 e. The minimum Gasteiger partial charge on any atom is -0.497 e. The van der Waals surface area contributed by atoms with Crippen LogP contribution in [0.2, 0.25) is 0 Å². The number of carbonyl (C=O) groups excluding carboxylic acids is 1. The van der Waals surface area contributed by atoms with E-state index in [-0.39, 0.29) is 16.3 Å². The summed E-state index contributed by atoms with van der Waals surface area (Å²) < 4.78 is 45.1. The summed E-state index contributed by atoms with van der Waals surface area (Å²) in [5, 5.41) is 2.77. The zero-order valence-corrected chi connectivity index (χ0v) is 22.8. The number of amides is 1. The largest absolute Gasteiger partial charge is 0.497 e. The van der Waals surface area contributed by atoms with Crippen molar-refractivity contribution in [2.24, 2.45) is 0 Å². The predicted octanol–water partition coefficient (Wildman–Crippen LogP) is 5.43. The summed E-state index contributed by atoms with van der Waals surface area (Å²) in [4.78, 5) is 13.2. The Bertz CT molecular complexity index is 1510. The van der Waals surface area contributed by atoms with Crippen LogP contribution in [0.4, 0.5) is 11.4 Å².